The number of hydrogen-bond donors (Lipinski definition) is 1. The lowest BCUT2D eigenvalue weighted by Gasteiger charge is -2.32. The van der Waals surface area contributed by atoms with E-state index in [9.17, 15) is 18.0 Å². The fourth-order valence-electron chi connectivity index (χ4n) is 3.67. The van der Waals surface area contributed by atoms with Crippen molar-refractivity contribution in [3.05, 3.63) is 29.3 Å². The van der Waals surface area contributed by atoms with Crippen molar-refractivity contribution in [2.45, 2.75) is 62.0 Å². The summed E-state index contributed by atoms with van der Waals surface area (Å²) >= 11 is 0. The Morgan fingerprint density at radius 3 is 2.38 bits per heavy atom. The summed E-state index contributed by atoms with van der Waals surface area (Å²) in [6.45, 7) is 3.81. The van der Waals surface area contributed by atoms with Crippen molar-refractivity contribution in [3.63, 3.8) is 0 Å². The van der Waals surface area contributed by atoms with E-state index in [1.54, 1.807) is 26.1 Å². The summed E-state index contributed by atoms with van der Waals surface area (Å²) in [5.41, 5.74) is 1.48. The third-order valence-electron chi connectivity index (χ3n) is 5.18. The molecular formula is C19H27NO5S. The molecule has 1 fully saturated rings. The molecule has 1 amide bonds. The van der Waals surface area contributed by atoms with Crippen molar-refractivity contribution in [2.24, 2.45) is 0 Å². The molecule has 7 heteroatoms. The van der Waals surface area contributed by atoms with Crippen LogP contribution in [0.2, 0.25) is 0 Å². The average Bonchev–Trinajstić information content (AvgIpc) is 3.07. The first kappa shape index (κ1) is 20.4. The number of carbonyl (C=O) groups is 2. The highest BCUT2D eigenvalue weighted by Crippen LogP contribution is 2.42. The molecule has 0 unspecified atom stereocenters. The van der Waals surface area contributed by atoms with Gasteiger partial charge in [0.2, 0.25) is 5.91 Å². The first-order valence-electron chi connectivity index (χ1n) is 8.91. The molecule has 0 radical (unpaired) electrons. The lowest BCUT2D eigenvalue weighted by atomic mass is 10.1. The van der Waals surface area contributed by atoms with Crippen LogP contribution in [0.25, 0.3) is 0 Å². The van der Waals surface area contributed by atoms with Crippen LogP contribution in [0.5, 0.6) is 0 Å². The van der Waals surface area contributed by atoms with E-state index in [2.05, 4.69) is 0 Å². The monoisotopic (exact) mass is 381 g/mol. The highest BCUT2D eigenvalue weighted by Gasteiger charge is 2.54. The Hall–Kier alpha value is -1.89. The molecule has 0 atom stereocenters. The molecule has 0 saturated heterocycles. The minimum atomic E-state index is -3.85. The van der Waals surface area contributed by atoms with Crippen molar-refractivity contribution in [1.82, 2.24) is 4.90 Å². The van der Waals surface area contributed by atoms with Gasteiger partial charge in [0.1, 0.15) is 0 Å². The smallest absolute Gasteiger partial charge is 0.303 e. The molecule has 0 bridgehead atoms. The predicted octanol–water partition coefficient (Wildman–Crippen LogP) is 2.71. The van der Waals surface area contributed by atoms with Crippen molar-refractivity contribution in [1.29, 1.82) is 0 Å². The van der Waals surface area contributed by atoms with E-state index < -0.39 is 26.5 Å². The van der Waals surface area contributed by atoms with E-state index in [1.807, 2.05) is 13.0 Å². The van der Waals surface area contributed by atoms with Crippen LogP contribution in [0.4, 0.5) is 0 Å². The maximum absolute atomic E-state index is 13.5. The Morgan fingerprint density at radius 1 is 1.19 bits per heavy atom. The minimum Gasteiger partial charge on any atom is -0.481 e. The maximum Gasteiger partial charge on any atom is 0.303 e. The molecule has 0 aliphatic heterocycles. The normalized spacial score (nSPS) is 16.4. The van der Waals surface area contributed by atoms with Crippen LogP contribution >= 0.6 is 0 Å². The molecule has 2 rings (SSSR count). The summed E-state index contributed by atoms with van der Waals surface area (Å²) in [4.78, 5) is 25.5. The van der Waals surface area contributed by atoms with E-state index in [-0.39, 0.29) is 17.9 Å². The molecule has 1 aromatic rings. The van der Waals surface area contributed by atoms with Crippen LogP contribution in [0.1, 0.15) is 49.7 Å². The zero-order chi connectivity index (χ0) is 19.5. The van der Waals surface area contributed by atoms with Crippen molar-refractivity contribution in [2.75, 3.05) is 13.6 Å². The van der Waals surface area contributed by atoms with Gasteiger partial charge in [-0.25, -0.2) is 8.42 Å². The van der Waals surface area contributed by atoms with Crippen LogP contribution in [-0.2, 0) is 19.4 Å². The molecule has 0 spiro atoms. The second-order valence-electron chi connectivity index (χ2n) is 7.20. The summed E-state index contributed by atoms with van der Waals surface area (Å²) in [5.74, 6) is -1.34. The molecule has 0 aromatic heterocycles. The Balaban J connectivity index is 2.38. The second kappa shape index (κ2) is 7.78. The number of hydrogen-bond acceptors (Lipinski definition) is 4. The standard InChI is InChI=1S/C19H27NO5S/c1-14-8-9-15(2)16(13-14)26(24,25)19(10-4-5-11-19)18(23)20(3)12-6-7-17(21)22/h8-9,13H,4-7,10-12H2,1-3H3,(H,21,22). The van der Waals surface area contributed by atoms with Crippen LogP contribution < -0.4 is 0 Å². The van der Waals surface area contributed by atoms with E-state index >= 15 is 0 Å². The number of rotatable bonds is 7. The molecule has 1 N–H and O–H groups in total. The second-order valence-corrected chi connectivity index (χ2v) is 9.43. The van der Waals surface area contributed by atoms with E-state index in [0.29, 0.717) is 37.7 Å². The molecule has 144 valence electrons. The number of carbonyl (C=O) groups excluding carboxylic acids is 1. The minimum absolute atomic E-state index is 0.0473. The van der Waals surface area contributed by atoms with E-state index in [0.717, 1.165) is 5.56 Å². The molecule has 6 nitrogen and oxygen atoms in total. The molecule has 0 heterocycles. The number of carboxylic acids is 1. The Labute approximate surface area is 155 Å². The van der Waals surface area contributed by atoms with Gasteiger partial charge in [-0.3, -0.25) is 9.59 Å². The number of benzene rings is 1. The van der Waals surface area contributed by atoms with Gasteiger partial charge in [-0.1, -0.05) is 25.0 Å². The first-order chi connectivity index (χ1) is 12.1. The number of aliphatic carboxylic acids is 1. The third-order valence-corrected chi connectivity index (χ3v) is 7.81. The van der Waals surface area contributed by atoms with Crippen molar-refractivity contribution < 1.29 is 23.1 Å². The van der Waals surface area contributed by atoms with E-state index in [1.165, 1.54) is 4.90 Å². The third kappa shape index (κ3) is 3.77. The van der Waals surface area contributed by atoms with Gasteiger partial charge in [0, 0.05) is 20.0 Å². The molecular weight excluding hydrogens is 354 g/mol. The van der Waals surface area contributed by atoms with Gasteiger partial charge >= 0.3 is 5.97 Å². The Bertz CT molecular complexity index is 794. The van der Waals surface area contributed by atoms with Crippen LogP contribution in [-0.4, -0.2) is 48.6 Å². The van der Waals surface area contributed by atoms with Gasteiger partial charge in [0.15, 0.2) is 14.6 Å². The zero-order valence-corrected chi connectivity index (χ0v) is 16.4. The number of amides is 1. The lowest BCUT2D eigenvalue weighted by Crippen LogP contribution is -2.51. The van der Waals surface area contributed by atoms with Crippen LogP contribution in [0, 0.1) is 13.8 Å². The number of nitrogens with zero attached hydrogens (tertiary/aromatic N) is 1. The Morgan fingerprint density at radius 2 is 1.81 bits per heavy atom. The predicted molar refractivity (Wildman–Crippen MR) is 98.8 cm³/mol. The molecule has 1 saturated carbocycles. The van der Waals surface area contributed by atoms with Crippen molar-refractivity contribution >= 4 is 21.7 Å². The lowest BCUT2D eigenvalue weighted by molar-refractivity contribution is -0.138. The summed E-state index contributed by atoms with van der Waals surface area (Å²) in [7, 11) is -2.29. The number of sulfone groups is 1. The van der Waals surface area contributed by atoms with Gasteiger partial charge in [0.25, 0.3) is 0 Å². The first-order valence-corrected chi connectivity index (χ1v) is 10.4. The number of carboxylic acid groups (broad SMARTS) is 1. The average molecular weight is 381 g/mol. The maximum atomic E-state index is 13.5. The van der Waals surface area contributed by atoms with Gasteiger partial charge in [-0.2, -0.15) is 0 Å². The van der Waals surface area contributed by atoms with E-state index in [4.69, 9.17) is 5.11 Å². The highest BCUT2D eigenvalue weighted by atomic mass is 32.2. The fourth-order valence-corrected chi connectivity index (χ4v) is 6.13. The van der Waals surface area contributed by atoms with Crippen LogP contribution in [0.3, 0.4) is 0 Å². The summed E-state index contributed by atoms with van der Waals surface area (Å²) < 4.78 is 25.6. The molecule has 1 aliphatic carbocycles. The SMILES string of the molecule is Cc1ccc(C)c(S(=O)(=O)C2(C(=O)N(C)CCCC(=O)O)CCCC2)c1. The van der Waals surface area contributed by atoms with Gasteiger partial charge in [0.05, 0.1) is 4.90 Å². The van der Waals surface area contributed by atoms with Crippen LogP contribution in [0.15, 0.2) is 23.1 Å². The van der Waals surface area contributed by atoms with Gasteiger partial charge < -0.3 is 10.0 Å². The molecule has 26 heavy (non-hydrogen) atoms. The Kier molecular flexibility index (Phi) is 6.11. The summed E-state index contributed by atoms with van der Waals surface area (Å²) in [6, 6.07) is 5.27. The van der Waals surface area contributed by atoms with Gasteiger partial charge in [-0.05, 0) is 50.3 Å². The zero-order valence-electron chi connectivity index (χ0n) is 15.6. The quantitative estimate of drug-likeness (QED) is 0.784. The highest BCUT2D eigenvalue weighted by molar-refractivity contribution is 7.93. The number of aryl methyl sites for hydroxylation is 2. The fraction of sp³-hybridized carbons (Fsp3) is 0.579. The summed E-state index contributed by atoms with van der Waals surface area (Å²) in [5, 5.41) is 8.76. The van der Waals surface area contributed by atoms with Crippen molar-refractivity contribution in [3.8, 4) is 0 Å². The van der Waals surface area contributed by atoms with Gasteiger partial charge in [-0.15, -0.1) is 0 Å². The topological polar surface area (TPSA) is 91.8 Å². The largest absolute Gasteiger partial charge is 0.481 e. The molecule has 1 aliphatic rings. The summed E-state index contributed by atoms with van der Waals surface area (Å²) in [6.07, 6.45) is 2.26. The molecule has 1 aromatic carbocycles.